The van der Waals surface area contributed by atoms with Gasteiger partial charge in [0.15, 0.2) is 11.5 Å². The Morgan fingerprint density at radius 1 is 1.08 bits per heavy atom. The van der Waals surface area contributed by atoms with E-state index >= 15 is 0 Å². The van der Waals surface area contributed by atoms with E-state index in [0.29, 0.717) is 24.5 Å². The van der Waals surface area contributed by atoms with Crippen molar-refractivity contribution in [3.63, 3.8) is 0 Å². The summed E-state index contributed by atoms with van der Waals surface area (Å²) in [5, 5.41) is 5.81. The number of amides is 2. The first kappa shape index (κ1) is 19.1. The van der Waals surface area contributed by atoms with Crippen molar-refractivity contribution in [3.05, 3.63) is 58.1 Å². The van der Waals surface area contributed by atoms with Crippen molar-refractivity contribution >= 4 is 22.0 Å². The molecule has 2 aromatic rings. The maximum atomic E-state index is 12.0. The van der Waals surface area contributed by atoms with E-state index in [1.165, 1.54) is 0 Å². The third-order valence-electron chi connectivity index (χ3n) is 3.86. The molecule has 134 valence electrons. The molecule has 0 saturated carbocycles. The summed E-state index contributed by atoms with van der Waals surface area (Å²) in [4.78, 5) is 12.0. The fraction of sp³-hybridized carbons (Fsp3) is 0.316. The Labute approximate surface area is 156 Å². The van der Waals surface area contributed by atoms with Crippen molar-refractivity contribution < 1.29 is 14.3 Å². The SMILES string of the molecule is COc1ccc(CCNC(=O)NC(C)c2ccc(Br)cc2)cc1OC. The Hall–Kier alpha value is -2.21. The fourth-order valence-corrected chi connectivity index (χ4v) is 2.70. The molecule has 2 rings (SSSR count). The highest BCUT2D eigenvalue weighted by Crippen LogP contribution is 2.27. The second-order valence-corrected chi connectivity index (χ2v) is 6.53. The molecule has 0 aliphatic heterocycles. The minimum absolute atomic E-state index is 0.0609. The van der Waals surface area contributed by atoms with Crippen LogP contribution in [-0.4, -0.2) is 26.8 Å². The molecule has 0 heterocycles. The van der Waals surface area contributed by atoms with Gasteiger partial charge in [-0.2, -0.15) is 0 Å². The van der Waals surface area contributed by atoms with Gasteiger partial charge in [0.25, 0.3) is 0 Å². The van der Waals surface area contributed by atoms with Crippen LogP contribution in [0, 0.1) is 0 Å². The van der Waals surface area contributed by atoms with Crippen molar-refractivity contribution in [3.8, 4) is 11.5 Å². The van der Waals surface area contributed by atoms with Gasteiger partial charge in [0, 0.05) is 11.0 Å². The van der Waals surface area contributed by atoms with Crippen LogP contribution in [-0.2, 0) is 6.42 Å². The van der Waals surface area contributed by atoms with Crippen molar-refractivity contribution in [2.75, 3.05) is 20.8 Å². The van der Waals surface area contributed by atoms with E-state index in [1.807, 2.05) is 49.4 Å². The number of hydrogen-bond donors (Lipinski definition) is 2. The lowest BCUT2D eigenvalue weighted by atomic mass is 10.1. The molecule has 5 nitrogen and oxygen atoms in total. The van der Waals surface area contributed by atoms with Crippen molar-refractivity contribution in [2.45, 2.75) is 19.4 Å². The molecule has 2 aromatic carbocycles. The van der Waals surface area contributed by atoms with Gasteiger partial charge in [-0.15, -0.1) is 0 Å². The van der Waals surface area contributed by atoms with Gasteiger partial charge in [0.1, 0.15) is 0 Å². The Morgan fingerprint density at radius 2 is 1.76 bits per heavy atom. The Balaban J connectivity index is 1.81. The summed E-state index contributed by atoms with van der Waals surface area (Å²) >= 11 is 3.40. The number of rotatable bonds is 7. The quantitative estimate of drug-likeness (QED) is 0.728. The van der Waals surface area contributed by atoms with E-state index in [4.69, 9.17) is 9.47 Å². The van der Waals surface area contributed by atoms with Crippen LogP contribution >= 0.6 is 15.9 Å². The highest BCUT2D eigenvalue weighted by molar-refractivity contribution is 9.10. The second kappa shape index (κ2) is 9.32. The van der Waals surface area contributed by atoms with Crippen LogP contribution in [0.1, 0.15) is 24.1 Å². The van der Waals surface area contributed by atoms with Crippen molar-refractivity contribution in [1.82, 2.24) is 10.6 Å². The topological polar surface area (TPSA) is 59.6 Å². The molecule has 0 fully saturated rings. The van der Waals surface area contributed by atoms with Gasteiger partial charge in [-0.05, 0) is 48.7 Å². The van der Waals surface area contributed by atoms with Crippen LogP contribution in [0.2, 0.25) is 0 Å². The molecule has 2 N–H and O–H groups in total. The number of hydrogen-bond acceptors (Lipinski definition) is 3. The number of nitrogens with one attached hydrogen (secondary N) is 2. The Bertz CT molecular complexity index is 704. The number of benzene rings is 2. The molecule has 0 radical (unpaired) electrons. The van der Waals surface area contributed by atoms with E-state index in [0.717, 1.165) is 15.6 Å². The van der Waals surface area contributed by atoms with Gasteiger partial charge in [-0.1, -0.05) is 34.1 Å². The molecular formula is C19H23BrN2O3. The standard InChI is InChI=1S/C19H23BrN2O3/c1-13(15-5-7-16(20)8-6-15)22-19(23)21-11-10-14-4-9-17(24-2)18(12-14)25-3/h4-9,12-13H,10-11H2,1-3H3,(H2,21,22,23). The predicted molar refractivity (Wildman–Crippen MR) is 102 cm³/mol. The number of ether oxygens (including phenoxy) is 2. The average molecular weight is 407 g/mol. The average Bonchev–Trinajstić information content (AvgIpc) is 2.62. The zero-order valence-corrected chi connectivity index (χ0v) is 16.2. The minimum atomic E-state index is -0.184. The molecule has 0 saturated heterocycles. The van der Waals surface area contributed by atoms with Gasteiger partial charge >= 0.3 is 6.03 Å². The molecule has 0 aliphatic rings. The first-order chi connectivity index (χ1) is 12.0. The normalized spacial score (nSPS) is 11.5. The number of carbonyl (C=O) groups excluding carboxylic acids is 1. The lowest BCUT2D eigenvalue weighted by Crippen LogP contribution is -2.38. The molecule has 2 amide bonds. The second-order valence-electron chi connectivity index (χ2n) is 5.61. The number of halogens is 1. The molecule has 0 aliphatic carbocycles. The van der Waals surface area contributed by atoms with Crippen molar-refractivity contribution in [1.29, 1.82) is 0 Å². The van der Waals surface area contributed by atoms with Gasteiger partial charge in [-0.3, -0.25) is 0 Å². The van der Waals surface area contributed by atoms with Gasteiger partial charge in [0.05, 0.1) is 20.3 Å². The summed E-state index contributed by atoms with van der Waals surface area (Å²) in [5.74, 6) is 1.38. The van der Waals surface area contributed by atoms with E-state index in [2.05, 4.69) is 26.6 Å². The van der Waals surface area contributed by atoms with E-state index in [1.54, 1.807) is 14.2 Å². The smallest absolute Gasteiger partial charge is 0.315 e. The lowest BCUT2D eigenvalue weighted by molar-refractivity contribution is 0.238. The van der Waals surface area contributed by atoms with Crippen LogP contribution in [0.15, 0.2) is 46.9 Å². The molecule has 0 bridgehead atoms. The van der Waals surface area contributed by atoms with Gasteiger partial charge in [0.2, 0.25) is 0 Å². The summed E-state index contributed by atoms with van der Waals surface area (Å²) in [6.07, 6.45) is 0.709. The largest absolute Gasteiger partial charge is 0.493 e. The van der Waals surface area contributed by atoms with Crippen LogP contribution in [0.5, 0.6) is 11.5 Å². The molecule has 1 unspecified atom stereocenters. The number of methoxy groups -OCH3 is 2. The molecule has 6 heteroatoms. The fourth-order valence-electron chi connectivity index (χ4n) is 2.44. The first-order valence-electron chi connectivity index (χ1n) is 8.04. The minimum Gasteiger partial charge on any atom is -0.493 e. The Kier molecular flexibility index (Phi) is 7.13. The molecule has 0 spiro atoms. The third kappa shape index (κ3) is 5.67. The highest BCUT2D eigenvalue weighted by Gasteiger charge is 2.09. The third-order valence-corrected chi connectivity index (χ3v) is 4.39. The van der Waals surface area contributed by atoms with Crippen LogP contribution < -0.4 is 20.1 Å². The molecular weight excluding hydrogens is 384 g/mol. The van der Waals surface area contributed by atoms with Gasteiger partial charge in [-0.25, -0.2) is 4.79 Å². The maximum Gasteiger partial charge on any atom is 0.315 e. The molecule has 0 aromatic heterocycles. The summed E-state index contributed by atoms with van der Waals surface area (Å²) < 4.78 is 11.5. The number of carbonyl (C=O) groups is 1. The molecule has 25 heavy (non-hydrogen) atoms. The van der Waals surface area contributed by atoms with Gasteiger partial charge < -0.3 is 20.1 Å². The number of urea groups is 1. The highest BCUT2D eigenvalue weighted by atomic mass is 79.9. The Morgan fingerprint density at radius 3 is 2.40 bits per heavy atom. The first-order valence-corrected chi connectivity index (χ1v) is 8.83. The zero-order chi connectivity index (χ0) is 18.2. The van der Waals surface area contributed by atoms with E-state index in [9.17, 15) is 4.79 Å². The van der Waals surface area contributed by atoms with E-state index in [-0.39, 0.29) is 12.1 Å². The summed E-state index contributed by atoms with van der Waals surface area (Å²) in [7, 11) is 3.22. The monoisotopic (exact) mass is 406 g/mol. The zero-order valence-electron chi connectivity index (χ0n) is 14.6. The predicted octanol–water partition coefficient (Wildman–Crippen LogP) is 4.07. The summed E-state index contributed by atoms with van der Waals surface area (Å²) in [6, 6.07) is 13.4. The lowest BCUT2D eigenvalue weighted by Gasteiger charge is -2.15. The van der Waals surface area contributed by atoms with Crippen LogP contribution in [0.25, 0.3) is 0 Å². The maximum absolute atomic E-state index is 12.0. The van der Waals surface area contributed by atoms with Crippen molar-refractivity contribution in [2.24, 2.45) is 0 Å². The van der Waals surface area contributed by atoms with Crippen LogP contribution in [0.3, 0.4) is 0 Å². The molecule has 1 atom stereocenters. The summed E-state index contributed by atoms with van der Waals surface area (Å²) in [5.41, 5.74) is 2.12. The van der Waals surface area contributed by atoms with Crippen LogP contribution in [0.4, 0.5) is 4.79 Å². The summed E-state index contributed by atoms with van der Waals surface area (Å²) in [6.45, 7) is 2.49. The van der Waals surface area contributed by atoms with E-state index < -0.39 is 0 Å².